The number of urea groups is 1. The number of amides is 2. The molecule has 1 aliphatic rings. The lowest BCUT2D eigenvalue weighted by Gasteiger charge is -2.35. The topological polar surface area (TPSA) is 89.7 Å². The fourth-order valence-corrected chi connectivity index (χ4v) is 4.41. The van der Waals surface area contributed by atoms with E-state index in [0.717, 1.165) is 28.1 Å². The van der Waals surface area contributed by atoms with Crippen LogP contribution in [0.1, 0.15) is 36.9 Å². The van der Waals surface area contributed by atoms with Crippen molar-refractivity contribution in [1.82, 2.24) is 15.5 Å². The number of methoxy groups -OCH3 is 1. The van der Waals surface area contributed by atoms with Crippen molar-refractivity contribution in [3.05, 3.63) is 95.5 Å². The third-order valence-corrected chi connectivity index (χ3v) is 6.28. The van der Waals surface area contributed by atoms with Gasteiger partial charge in [0.25, 0.3) is 5.89 Å². The molecule has 4 aromatic rings. The molecule has 5 rings (SSSR count). The SMILES string of the molecule is CCOc1ccc(-c2noc(C3=C(C)N(c4ccc(C)cc4)C(=O)NC3c3cccc(OC)c3)n2)cc1. The van der Waals surface area contributed by atoms with Crippen molar-refractivity contribution < 1.29 is 18.8 Å². The van der Waals surface area contributed by atoms with Crippen LogP contribution in [0.2, 0.25) is 0 Å². The van der Waals surface area contributed by atoms with Gasteiger partial charge in [0.05, 0.1) is 31.0 Å². The number of carbonyl (C=O) groups is 1. The Labute approximate surface area is 215 Å². The molecule has 3 aromatic carbocycles. The van der Waals surface area contributed by atoms with Crippen molar-refractivity contribution in [2.24, 2.45) is 0 Å². The molecule has 1 aromatic heterocycles. The summed E-state index contributed by atoms with van der Waals surface area (Å²) in [6.45, 7) is 6.43. The van der Waals surface area contributed by atoms with E-state index in [1.54, 1.807) is 12.0 Å². The number of allylic oxidation sites excluding steroid dienone is 1. The van der Waals surface area contributed by atoms with Gasteiger partial charge in [0.2, 0.25) is 5.82 Å². The lowest BCUT2D eigenvalue weighted by Crippen LogP contribution is -2.46. The zero-order chi connectivity index (χ0) is 25.9. The first-order chi connectivity index (χ1) is 18.0. The minimum Gasteiger partial charge on any atom is -0.497 e. The predicted molar refractivity (Wildman–Crippen MR) is 141 cm³/mol. The van der Waals surface area contributed by atoms with Crippen LogP contribution in [-0.2, 0) is 0 Å². The van der Waals surface area contributed by atoms with E-state index in [9.17, 15) is 4.79 Å². The van der Waals surface area contributed by atoms with Gasteiger partial charge >= 0.3 is 6.03 Å². The van der Waals surface area contributed by atoms with E-state index in [-0.39, 0.29) is 6.03 Å². The maximum absolute atomic E-state index is 13.4. The molecule has 0 radical (unpaired) electrons. The summed E-state index contributed by atoms with van der Waals surface area (Å²) in [6.07, 6.45) is 0. The Kier molecular flexibility index (Phi) is 6.64. The number of nitrogens with zero attached hydrogens (tertiary/aromatic N) is 3. The zero-order valence-electron chi connectivity index (χ0n) is 21.2. The first kappa shape index (κ1) is 24.1. The minimum absolute atomic E-state index is 0.246. The van der Waals surface area contributed by atoms with Crippen LogP contribution in [0.25, 0.3) is 17.0 Å². The van der Waals surface area contributed by atoms with Gasteiger partial charge < -0.3 is 19.3 Å². The number of hydrogen-bond acceptors (Lipinski definition) is 6. The molecular weight excluding hydrogens is 468 g/mol. The van der Waals surface area contributed by atoms with E-state index < -0.39 is 6.04 Å². The quantitative estimate of drug-likeness (QED) is 0.330. The van der Waals surface area contributed by atoms with Crippen molar-refractivity contribution in [1.29, 1.82) is 0 Å². The average molecular weight is 497 g/mol. The average Bonchev–Trinajstić information content (AvgIpc) is 3.40. The Morgan fingerprint density at radius 1 is 1.00 bits per heavy atom. The van der Waals surface area contributed by atoms with Gasteiger partial charge in [-0.15, -0.1) is 0 Å². The van der Waals surface area contributed by atoms with E-state index in [1.165, 1.54) is 0 Å². The number of ether oxygens (including phenoxy) is 2. The lowest BCUT2D eigenvalue weighted by atomic mass is 9.94. The van der Waals surface area contributed by atoms with Gasteiger partial charge in [-0.25, -0.2) is 4.79 Å². The molecule has 1 unspecified atom stereocenters. The Morgan fingerprint density at radius 3 is 2.46 bits per heavy atom. The van der Waals surface area contributed by atoms with Crippen LogP contribution in [0.3, 0.4) is 0 Å². The van der Waals surface area contributed by atoms with E-state index in [2.05, 4.69) is 10.5 Å². The molecule has 0 aliphatic carbocycles. The zero-order valence-corrected chi connectivity index (χ0v) is 21.2. The van der Waals surface area contributed by atoms with Gasteiger partial charge in [-0.3, -0.25) is 4.90 Å². The molecule has 8 heteroatoms. The first-order valence-electron chi connectivity index (χ1n) is 12.1. The third kappa shape index (κ3) is 4.78. The van der Waals surface area contributed by atoms with Crippen molar-refractivity contribution in [3.63, 3.8) is 0 Å². The molecule has 0 bridgehead atoms. The molecule has 0 fully saturated rings. The van der Waals surface area contributed by atoms with Gasteiger partial charge in [0.1, 0.15) is 11.5 Å². The number of carbonyl (C=O) groups excluding carboxylic acids is 1. The summed E-state index contributed by atoms with van der Waals surface area (Å²) in [5.41, 5.74) is 4.89. The fourth-order valence-electron chi connectivity index (χ4n) is 4.41. The monoisotopic (exact) mass is 496 g/mol. The number of rotatable bonds is 7. The molecule has 2 amide bonds. The normalized spacial score (nSPS) is 15.5. The molecule has 1 aliphatic heterocycles. The van der Waals surface area contributed by atoms with Crippen LogP contribution in [0.4, 0.5) is 10.5 Å². The highest BCUT2D eigenvalue weighted by molar-refractivity contribution is 6.01. The van der Waals surface area contributed by atoms with Crippen LogP contribution in [-0.4, -0.2) is 29.9 Å². The Bertz CT molecular complexity index is 1440. The standard InChI is InChI=1S/C29H28N4O4/c1-5-36-23-15-11-20(12-16-23)27-31-28(37-32-27)25-19(3)33(22-13-9-18(2)10-14-22)29(34)30-26(25)21-7-6-8-24(17-21)35-4/h6-17,26H,5H2,1-4H3,(H,30,34). The highest BCUT2D eigenvalue weighted by Crippen LogP contribution is 2.39. The first-order valence-corrected chi connectivity index (χ1v) is 12.1. The van der Waals surface area contributed by atoms with Gasteiger partial charge in [-0.05, 0) is 74.9 Å². The summed E-state index contributed by atoms with van der Waals surface area (Å²) >= 11 is 0. The van der Waals surface area contributed by atoms with Crippen LogP contribution in [0.5, 0.6) is 11.5 Å². The van der Waals surface area contributed by atoms with Gasteiger partial charge in [0, 0.05) is 11.3 Å². The summed E-state index contributed by atoms with van der Waals surface area (Å²) in [5.74, 6) is 2.23. The number of benzene rings is 3. The van der Waals surface area contributed by atoms with Crippen LogP contribution < -0.4 is 19.7 Å². The molecule has 1 atom stereocenters. The second-order valence-electron chi connectivity index (χ2n) is 8.71. The van der Waals surface area contributed by atoms with Crippen molar-refractivity contribution >= 4 is 17.3 Å². The van der Waals surface area contributed by atoms with E-state index in [0.29, 0.717) is 35.3 Å². The molecule has 37 heavy (non-hydrogen) atoms. The second-order valence-corrected chi connectivity index (χ2v) is 8.71. The molecular formula is C29H28N4O4. The van der Waals surface area contributed by atoms with Crippen LogP contribution >= 0.6 is 0 Å². The highest BCUT2D eigenvalue weighted by atomic mass is 16.5. The largest absolute Gasteiger partial charge is 0.497 e. The smallest absolute Gasteiger partial charge is 0.326 e. The van der Waals surface area contributed by atoms with E-state index >= 15 is 0 Å². The predicted octanol–water partition coefficient (Wildman–Crippen LogP) is 6.15. The fraction of sp³-hybridized carbons (Fsp3) is 0.207. The van der Waals surface area contributed by atoms with Gasteiger partial charge in [0.15, 0.2) is 0 Å². The molecule has 0 spiro atoms. The highest BCUT2D eigenvalue weighted by Gasteiger charge is 2.36. The van der Waals surface area contributed by atoms with Crippen molar-refractivity contribution in [3.8, 4) is 22.9 Å². The molecule has 0 saturated heterocycles. The van der Waals surface area contributed by atoms with E-state index in [1.807, 2.05) is 93.6 Å². The molecule has 2 heterocycles. The number of hydrogen-bond donors (Lipinski definition) is 1. The molecule has 188 valence electrons. The maximum atomic E-state index is 13.4. The summed E-state index contributed by atoms with van der Waals surface area (Å²) in [5, 5.41) is 7.37. The summed E-state index contributed by atoms with van der Waals surface area (Å²) in [6, 6.07) is 22.1. The number of nitrogens with one attached hydrogen (secondary N) is 1. The molecule has 8 nitrogen and oxygen atoms in total. The van der Waals surface area contributed by atoms with Gasteiger partial charge in [-0.2, -0.15) is 4.98 Å². The Balaban J connectivity index is 1.61. The summed E-state index contributed by atoms with van der Waals surface area (Å²) in [7, 11) is 1.61. The second kappa shape index (κ2) is 10.2. The molecule has 0 saturated carbocycles. The third-order valence-electron chi connectivity index (χ3n) is 6.28. The van der Waals surface area contributed by atoms with Crippen LogP contribution in [0, 0.1) is 6.92 Å². The Morgan fingerprint density at radius 2 is 1.76 bits per heavy atom. The number of anilines is 1. The van der Waals surface area contributed by atoms with E-state index in [4.69, 9.17) is 19.0 Å². The Hall–Kier alpha value is -4.59. The lowest BCUT2D eigenvalue weighted by molar-refractivity contribution is 0.244. The number of aryl methyl sites for hydroxylation is 1. The summed E-state index contributed by atoms with van der Waals surface area (Å²) in [4.78, 5) is 19.7. The van der Waals surface area contributed by atoms with Crippen LogP contribution in [0.15, 0.2) is 83.0 Å². The minimum atomic E-state index is -0.516. The maximum Gasteiger partial charge on any atom is 0.326 e. The molecule has 1 N–H and O–H groups in total. The van der Waals surface area contributed by atoms with Crippen molar-refractivity contribution in [2.75, 3.05) is 18.6 Å². The van der Waals surface area contributed by atoms with Gasteiger partial charge in [-0.1, -0.05) is 35.0 Å². The van der Waals surface area contributed by atoms with Crippen molar-refractivity contribution in [2.45, 2.75) is 26.8 Å². The number of aromatic nitrogens is 2. The summed E-state index contributed by atoms with van der Waals surface area (Å²) < 4.78 is 16.8.